The Kier molecular flexibility index (Phi) is 7.97. The first-order valence-corrected chi connectivity index (χ1v) is 15.3. The first kappa shape index (κ1) is 27.7. The molecule has 2 aromatic heterocycles. The molecule has 1 amide bonds. The van der Waals surface area contributed by atoms with Crippen LogP contribution in [0.2, 0.25) is 5.02 Å². The number of carbonyl (C=O) groups excluding carboxylic acids is 1. The van der Waals surface area contributed by atoms with Crippen LogP contribution in [0.4, 0.5) is 5.82 Å². The molecule has 0 aliphatic carbocycles. The number of piperidine rings is 1. The number of pyridine rings is 1. The van der Waals surface area contributed by atoms with E-state index < -0.39 is 0 Å². The van der Waals surface area contributed by atoms with Crippen LogP contribution in [0.1, 0.15) is 35.1 Å². The largest absolute Gasteiger partial charge is 0.356 e. The zero-order valence-electron chi connectivity index (χ0n) is 22.6. The number of halogens is 1. The molecule has 2 aromatic carbocycles. The Bertz CT molecular complexity index is 1730. The van der Waals surface area contributed by atoms with E-state index in [2.05, 4.69) is 29.2 Å². The first-order chi connectivity index (χ1) is 19.9. The number of fused-ring (bicyclic) bond motifs is 1. The van der Waals surface area contributed by atoms with E-state index in [0.717, 1.165) is 43.5 Å². The maximum absolute atomic E-state index is 13.9. The van der Waals surface area contributed by atoms with Gasteiger partial charge in [0.1, 0.15) is 15.8 Å². The molecule has 2 aliphatic rings. The number of hydrogen-bond donors (Lipinski definition) is 0. The maximum Gasteiger partial charge on any atom is 0.267 e. The lowest BCUT2D eigenvalue weighted by molar-refractivity contribution is -0.122. The Morgan fingerprint density at radius 2 is 1.76 bits per heavy atom. The lowest BCUT2D eigenvalue weighted by Gasteiger charge is -2.33. The molecule has 0 unspecified atom stereocenters. The van der Waals surface area contributed by atoms with Gasteiger partial charge in [0, 0.05) is 24.3 Å². The summed E-state index contributed by atoms with van der Waals surface area (Å²) >= 11 is 13.1. The number of aryl methyl sites for hydroxylation is 1. The fourth-order valence-corrected chi connectivity index (χ4v) is 6.96. The Hall–Kier alpha value is -3.46. The van der Waals surface area contributed by atoms with Crippen LogP contribution in [0.3, 0.4) is 0 Å². The van der Waals surface area contributed by atoms with Gasteiger partial charge in [-0.1, -0.05) is 90.2 Å². The molecule has 0 atom stereocenters. The number of benzene rings is 2. The highest BCUT2D eigenvalue weighted by molar-refractivity contribution is 8.26. The second-order valence-electron chi connectivity index (χ2n) is 10.5. The Morgan fingerprint density at radius 3 is 2.51 bits per heavy atom. The van der Waals surface area contributed by atoms with Crippen LogP contribution < -0.4 is 10.5 Å². The van der Waals surface area contributed by atoms with Crippen molar-refractivity contribution >= 4 is 63.3 Å². The van der Waals surface area contributed by atoms with Gasteiger partial charge in [0.15, 0.2) is 0 Å². The minimum Gasteiger partial charge on any atom is -0.356 e. The number of nitrogens with zero attached hydrogens (tertiary/aromatic N) is 4. The van der Waals surface area contributed by atoms with Crippen molar-refractivity contribution in [3.05, 3.63) is 115 Å². The van der Waals surface area contributed by atoms with Crippen LogP contribution in [0.15, 0.2) is 82.6 Å². The lowest BCUT2D eigenvalue weighted by atomic mass is 9.90. The fourth-order valence-electron chi connectivity index (χ4n) is 5.53. The Morgan fingerprint density at radius 1 is 1.02 bits per heavy atom. The summed E-state index contributed by atoms with van der Waals surface area (Å²) in [6.45, 7) is 3.81. The predicted octanol–water partition coefficient (Wildman–Crippen LogP) is 6.52. The number of carbonyl (C=O) groups is 1. The number of rotatable bonds is 6. The third kappa shape index (κ3) is 5.69. The molecule has 9 heteroatoms. The van der Waals surface area contributed by atoms with E-state index in [4.69, 9.17) is 28.8 Å². The quantitative estimate of drug-likeness (QED) is 0.186. The summed E-state index contributed by atoms with van der Waals surface area (Å²) in [5.41, 5.74) is 3.92. The van der Waals surface area contributed by atoms with Gasteiger partial charge < -0.3 is 4.90 Å². The molecule has 6 rings (SSSR count). The Balaban J connectivity index is 1.33. The summed E-state index contributed by atoms with van der Waals surface area (Å²) in [5.74, 6) is 0.960. The number of anilines is 1. The van der Waals surface area contributed by atoms with Crippen LogP contribution in [-0.4, -0.2) is 37.6 Å². The van der Waals surface area contributed by atoms with Crippen molar-refractivity contribution in [2.75, 3.05) is 18.0 Å². The average Bonchev–Trinajstić information content (AvgIpc) is 3.24. The van der Waals surface area contributed by atoms with E-state index in [1.54, 1.807) is 22.7 Å². The van der Waals surface area contributed by atoms with Gasteiger partial charge in [0.05, 0.1) is 17.0 Å². The van der Waals surface area contributed by atoms with Gasteiger partial charge in [-0.15, -0.1) is 0 Å². The molecule has 0 radical (unpaired) electrons. The molecule has 2 fully saturated rings. The monoisotopic (exact) mass is 600 g/mol. The molecule has 208 valence electrons. The summed E-state index contributed by atoms with van der Waals surface area (Å²) in [6, 6.07) is 21.8. The van der Waals surface area contributed by atoms with Gasteiger partial charge in [-0.25, -0.2) is 4.98 Å². The number of hydrogen-bond acceptors (Lipinski definition) is 6. The smallest absolute Gasteiger partial charge is 0.267 e. The molecular formula is C32H29ClN4O2S2. The molecule has 0 N–H and O–H groups in total. The zero-order valence-corrected chi connectivity index (χ0v) is 25.0. The van der Waals surface area contributed by atoms with Crippen molar-refractivity contribution in [3.63, 3.8) is 0 Å². The SMILES string of the molecule is Cc1cccn2c(=O)c(C=C3SC(=S)N(Cc4ccccc4Cl)C3=O)c(N3CCC(Cc4ccccc4)CC3)nc12. The summed E-state index contributed by atoms with van der Waals surface area (Å²) in [7, 11) is 0. The van der Waals surface area contributed by atoms with Gasteiger partial charge in [0.2, 0.25) is 0 Å². The zero-order chi connectivity index (χ0) is 28.5. The van der Waals surface area contributed by atoms with Crippen LogP contribution >= 0.6 is 35.6 Å². The van der Waals surface area contributed by atoms with Crippen molar-refractivity contribution in [3.8, 4) is 0 Å². The molecule has 0 spiro atoms. The summed E-state index contributed by atoms with van der Waals surface area (Å²) in [4.78, 5) is 36.6. The van der Waals surface area contributed by atoms with Crippen molar-refractivity contribution in [1.29, 1.82) is 0 Å². The van der Waals surface area contributed by atoms with E-state index in [-0.39, 0.29) is 18.0 Å². The predicted molar refractivity (Wildman–Crippen MR) is 171 cm³/mol. The summed E-state index contributed by atoms with van der Waals surface area (Å²) in [6.07, 6.45) is 6.46. The molecule has 4 heterocycles. The van der Waals surface area contributed by atoms with Crippen LogP contribution in [0.5, 0.6) is 0 Å². The minimum atomic E-state index is -0.235. The fraction of sp³-hybridized carbons (Fsp3) is 0.250. The molecule has 0 saturated carbocycles. The summed E-state index contributed by atoms with van der Waals surface area (Å²) in [5, 5.41) is 0.579. The molecular weight excluding hydrogens is 572 g/mol. The molecule has 2 saturated heterocycles. The molecule has 0 bridgehead atoms. The molecule has 2 aliphatic heterocycles. The highest BCUT2D eigenvalue weighted by Crippen LogP contribution is 2.36. The number of thioether (sulfide) groups is 1. The second kappa shape index (κ2) is 11.8. The molecule has 6 nitrogen and oxygen atoms in total. The summed E-state index contributed by atoms with van der Waals surface area (Å²) < 4.78 is 2.01. The number of amides is 1. The minimum absolute atomic E-state index is 0.198. The average molecular weight is 601 g/mol. The van der Waals surface area contributed by atoms with Crippen LogP contribution in [-0.2, 0) is 17.8 Å². The number of aromatic nitrogens is 2. The van der Waals surface area contributed by atoms with Crippen molar-refractivity contribution in [2.45, 2.75) is 32.7 Å². The third-order valence-corrected chi connectivity index (χ3v) is 9.53. The highest BCUT2D eigenvalue weighted by Gasteiger charge is 2.34. The van der Waals surface area contributed by atoms with Gasteiger partial charge in [-0.05, 0) is 67.0 Å². The van der Waals surface area contributed by atoms with E-state index >= 15 is 0 Å². The number of thiocarbonyl (C=S) groups is 1. The van der Waals surface area contributed by atoms with Crippen molar-refractivity contribution in [1.82, 2.24) is 14.3 Å². The van der Waals surface area contributed by atoms with E-state index in [0.29, 0.717) is 37.2 Å². The van der Waals surface area contributed by atoms with E-state index in [1.165, 1.54) is 22.2 Å². The maximum atomic E-state index is 13.9. The van der Waals surface area contributed by atoms with Crippen LogP contribution in [0, 0.1) is 12.8 Å². The molecule has 4 aromatic rings. The van der Waals surface area contributed by atoms with Crippen LogP contribution in [0.25, 0.3) is 11.7 Å². The van der Waals surface area contributed by atoms with E-state index in [1.807, 2.05) is 43.3 Å². The van der Waals surface area contributed by atoms with Gasteiger partial charge in [-0.3, -0.25) is 18.9 Å². The second-order valence-corrected chi connectivity index (χ2v) is 12.6. The van der Waals surface area contributed by atoms with Crippen molar-refractivity contribution < 1.29 is 4.79 Å². The standard InChI is InChI=1S/C32H29ClN4O2S2/c1-21-8-7-15-36-28(21)34-29(35-16-13-23(14-17-35)18-22-9-3-2-4-10-22)25(30(36)38)19-27-31(39)37(32(40)41-27)20-24-11-5-6-12-26(24)33/h2-12,15,19,23H,13-14,16-18,20H2,1H3. The topological polar surface area (TPSA) is 57.9 Å². The third-order valence-electron chi connectivity index (χ3n) is 7.78. The van der Waals surface area contributed by atoms with Gasteiger partial charge >= 0.3 is 0 Å². The van der Waals surface area contributed by atoms with Crippen molar-refractivity contribution in [2.24, 2.45) is 5.92 Å². The first-order valence-electron chi connectivity index (χ1n) is 13.7. The van der Waals surface area contributed by atoms with Gasteiger partial charge in [-0.2, -0.15) is 0 Å². The highest BCUT2D eigenvalue weighted by atomic mass is 35.5. The van der Waals surface area contributed by atoms with E-state index in [9.17, 15) is 9.59 Å². The lowest BCUT2D eigenvalue weighted by Crippen LogP contribution is -2.37. The molecule has 41 heavy (non-hydrogen) atoms. The normalized spacial score (nSPS) is 17.3. The Labute approximate surface area is 253 Å². The van der Waals surface area contributed by atoms with Gasteiger partial charge in [0.25, 0.3) is 11.5 Å².